The van der Waals surface area contributed by atoms with Crippen LogP contribution in [0.3, 0.4) is 0 Å². The van der Waals surface area contributed by atoms with E-state index in [4.69, 9.17) is 5.14 Å². The topological polar surface area (TPSA) is 137 Å². The van der Waals surface area contributed by atoms with Crippen molar-refractivity contribution in [2.75, 3.05) is 11.9 Å². The molecule has 2 aromatic heterocycles. The monoisotopic (exact) mass is 362 g/mol. The molecule has 0 aliphatic rings. The summed E-state index contributed by atoms with van der Waals surface area (Å²) in [6, 6.07) is 8.96. The Morgan fingerprint density at radius 3 is 2.72 bits per heavy atom. The minimum atomic E-state index is -4.14. The number of benzene rings is 1. The Kier molecular flexibility index (Phi) is 4.10. The number of aromatic nitrogens is 3. The van der Waals surface area contributed by atoms with Gasteiger partial charge in [0.15, 0.2) is 11.5 Å². The molecule has 130 valence electrons. The highest BCUT2D eigenvalue weighted by Crippen LogP contribution is 2.28. The highest BCUT2D eigenvalue weighted by molar-refractivity contribution is 7.89. The van der Waals surface area contributed by atoms with E-state index < -0.39 is 14.9 Å². The number of anilines is 1. The van der Waals surface area contributed by atoms with Crippen LogP contribution < -0.4 is 10.0 Å². The zero-order chi connectivity index (χ0) is 18.2. The van der Waals surface area contributed by atoms with Crippen LogP contribution in [-0.2, 0) is 16.6 Å². The molecule has 3 rings (SSSR count). The van der Waals surface area contributed by atoms with Gasteiger partial charge < -0.3 is 4.90 Å². The van der Waals surface area contributed by atoms with Crippen LogP contribution in [0, 0.1) is 10.1 Å². The molecule has 0 aliphatic carbocycles. The van der Waals surface area contributed by atoms with Gasteiger partial charge in [-0.3, -0.25) is 14.5 Å². The lowest BCUT2D eigenvalue weighted by Crippen LogP contribution is -2.23. The Hall–Kier alpha value is -3.05. The molecule has 0 saturated heterocycles. The van der Waals surface area contributed by atoms with E-state index in [1.807, 2.05) is 12.1 Å². The second kappa shape index (κ2) is 6.11. The number of nitrogens with two attached hydrogens (primary N) is 1. The fourth-order valence-electron chi connectivity index (χ4n) is 2.46. The number of nitrogens with zero attached hydrogens (tertiary/aromatic N) is 5. The van der Waals surface area contributed by atoms with Crippen molar-refractivity contribution in [2.45, 2.75) is 11.4 Å². The third kappa shape index (κ3) is 3.27. The fraction of sp³-hybridized carbons (Fsp3) is 0.143. The van der Waals surface area contributed by atoms with Crippen LogP contribution in [0.15, 0.2) is 47.5 Å². The van der Waals surface area contributed by atoms with E-state index in [1.54, 1.807) is 28.6 Å². The Morgan fingerprint density at radius 2 is 2.04 bits per heavy atom. The van der Waals surface area contributed by atoms with Crippen LogP contribution >= 0.6 is 0 Å². The van der Waals surface area contributed by atoms with Gasteiger partial charge in [0.25, 0.3) is 5.69 Å². The summed E-state index contributed by atoms with van der Waals surface area (Å²) in [5.41, 5.74) is 0.538. The van der Waals surface area contributed by atoms with E-state index in [-0.39, 0.29) is 22.8 Å². The van der Waals surface area contributed by atoms with Crippen LogP contribution in [0.2, 0.25) is 0 Å². The zero-order valence-electron chi connectivity index (χ0n) is 13.1. The highest BCUT2D eigenvalue weighted by Gasteiger charge is 2.22. The minimum Gasteiger partial charge on any atom is -0.366 e. The molecule has 0 saturated carbocycles. The molecule has 0 fully saturated rings. The summed E-state index contributed by atoms with van der Waals surface area (Å²) in [4.78, 5) is 11.5. The normalized spacial score (nSPS) is 11.6. The number of nitro groups is 1. The van der Waals surface area contributed by atoms with Crippen molar-refractivity contribution in [2.24, 2.45) is 5.14 Å². The molecule has 11 heteroatoms. The van der Waals surface area contributed by atoms with E-state index in [9.17, 15) is 18.5 Å². The van der Waals surface area contributed by atoms with Crippen LogP contribution in [0.25, 0.3) is 5.65 Å². The number of primary sulfonamides is 1. The third-order valence-electron chi connectivity index (χ3n) is 3.63. The van der Waals surface area contributed by atoms with Crippen LogP contribution in [-0.4, -0.2) is 35.0 Å². The summed E-state index contributed by atoms with van der Waals surface area (Å²) in [7, 11) is -2.51. The van der Waals surface area contributed by atoms with Crippen molar-refractivity contribution >= 4 is 27.0 Å². The number of fused-ring (bicyclic) bond motifs is 1. The maximum absolute atomic E-state index is 11.8. The predicted octanol–water partition coefficient (Wildman–Crippen LogP) is 0.921. The van der Waals surface area contributed by atoms with Gasteiger partial charge in [0.1, 0.15) is 4.90 Å². The first-order valence-corrected chi connectivity index (χ1v) is 8.63. The minimum absolute atomic E-state index is 0.228. The van der Waals surface area contributed by atoms with Gasteiger partial charge in [0.2, 0.25) is 10.0 Å². The number of rotatable bonds is 5. The van der Waals surface area contributed by atoms with Gasteiger partial charge in [-0.05, 0) is 18.2 Å². The lowest BCUT2D eigenvalue weighted by molar-refractivity contribution is -0.385. The van der Waals surface area contributed by atoms with E-state index in [1.165, 1.54) is 12.1 Å². The molecular formula is C14H14N6O4S. The van der Waals surface area contributed by atoms with Gasteiger partial charge >= 0.3 is 0 Å². The predicted molar refractivity (Wildman–Crippen MR) is 89.6 cm³/mol. The van der Waals surface area contributed by atoms with E-state index in [2.05, 4.69) is 10.2 Å². The van der Waals surface area contributed by atoms with Crippen molar-refractivity contribution in [1.82, 2.24) is 14.6 Å². The number of non-ortho nitro benzene ring substituents is 1. The fourth-order valence-corrected chi connectivity index (χ4v) is 3.26. The Balaban J connectivity index is 2.02. The van der Waals surface area contributed by atoms with Crippen molar-refractivity contribution < 1.29 is 13.3 Å². The molecule has 2 N–H and O–H groups in total. The molecular weight excluding hydrogens is 348 g/mol. The maximum atomic E-state index is 11.8. The van der Waals surface area contributed by atoms with Crippen LogP contribution in [0.5, 0.6) is 0 Å². The van der Waals surface area contributed by atoms with Gasteiger partial charge in [0.05, 0.1) is 17.2 Å². The summed E-state index contributed by atoms with van der Waals surface area (Å²) >= 11 is 0. The quantitative estimate of drug-likeness (QED) is 0.526. The van der Waals surface area contributed by atoms with Crippen molar-refractivity contribution in [1.29, 1.82) is 0 Å². The maximum Gasteiger partial charge on any atom is 0.270 e. The van der Waals surface area contributed by atoms with Gasteiger partial charge in [-0.2, -0.15) is 0 Å². The van der Waals surface area contributed by atoms with Crippen LogP contribution in [0.4, 0.5) is 11.4 Å². The zero-order valence-corrected chi connectivity index (χ0v) is 13.9. The summed E-state index contributed by atoms with van der Waals surface area (Å²) in [5, 5.41) is 24.2. The summed E-state index contributed by atoms with van der Waals surface area (Å²) < 4.78 is 25.4. The average molecular weight is 362 g/mol. The molecule has 0 radical (unpaired) electrons. The largest absolute Gasteiger partial charge is 0.366 e. The molecule has 0 spiro atoms. The molecule has 0 bridgehead atoms. The second-order valence-electron chi connectivity index (χ2n) is 5.36. The van der Waals surface area contributed by atoms with E-state index in [0.717, 1.165) is 6.07 Å². The highest BCUT2D eigenvalue weighted by atomic mass is 32.2. The molecule has 0 unspecified atom stereocenters. The molecule has 3 aromatic rings. The first-order valence-electron chi connectivity index (χ1n) is 7.08. The number of hydrogen-bond acceptors (Lipinski definition) is 7. The molecule has 25 heavy (non-hydrogen) atoms. The van der Waals surface area contributed by atoms with Crippen molar-refractivity contribution in [3.05, 3.63) is 58.5 Å². The molecule has 2 heterocycles. The Labute approximate surface area is 142 Å². The molecule has 0 aliphatic heterocycles. The van der Waals surface area contributed by atoms with Gasteiger partial charge in [0, 0.05) is 25.4 Å². The SMILES string of the molecule is CN(Cc1nnc2ccccn12)c1ccc([N+](=O)[O-])cc1S(N)(=O)=O. The summed E-state index contributed by atoms with van der Waals surface area (Å²) in [6.07, 6.45) is 1.79. The number of hydrogen-bond donors (Lipinski definition) is 1. The summed E-state index contributed by atoms with van der Waals surface area (Å²) in [6.45, 7) is 0.228. The van der Waals surface area contributed by atoms with Crippen molar-refractivity contribution in [3.8, 4) is 0 Å². The lowest BCUT2D eigenvalue weighted by Gasteiger charge is -2.20. The standard InChI is InChI=1S/C14H14N6O4S/c1-18(9-14-17-16-13-4-2-3-7-19(13)14)11-6-5-10(20(21)22)8-12(11)25(15,23)24/h2-8H,9H2,1H3,(H2,15,23,24). The van der Waals surface area contributed by atoms with Gasteiger partial charge in [-0.15, -0.1) is 10.2 Å². The Morgan fingerprint density at radius 1 is 1.28 bits per heavy atom. The smallest absolute Gasteiger partial charge is 0.270 e. The van der Waals surface area contributed by atoms with E-state index in [0.29, 0.717) is 11.5 Å². The van der Waals surface area contributed by atoms with Crippen molar-refractivity contribution in [3.63, 3.8) is 0 Å². The van der Waals surface area contributed by atoms with E-state index >= 15 is 0 Å². The molecule has 0 atom stereocenters. The lowest BCUT2D eigenvalue weighted by atomic mass is 10.2. The van der Waals surface area contributed by atoms with Gasteiger partial charge in [-0.1, -0.05) is 6.07 Å². The van der Waals surface area contributed by atoms with Gasteiger partial charge in [-0.25, -0.2) is 13.6 Å². The second-order valence-corrected chi connectivity index (χ2v) is 6.89. The first-order chi connectivity index (χ1) is 11.8. The Bertz CT molecular complexity index is 1060. The summed E-state index contributed by atoms with van der Waals surface area (Å²) in [5.74, 6) is 0.580. The molecule has 10 nitrogen and oxygen atoms in total. The molecule has 0 amide bonds. The average Bonchev–Trinajstić information content (AvgIpc) is 2.96. The first kappa shape index (κ1) is 16.8. The number of nitro benzene ring substituents is 1. The number of pyridine rings is 1. The molecule has 1 aromatic carbocycles. The van der Waals surface area contributed by atoms with Crippen LogP contribution in [0.1, 0.15) is 5.82 Å². The third-order valence-corrected chi connectivity index (χ3v) is 4.57. The number of sulfonamides is 1.